The Kier molecular flexibility index (Phi) is 3.38. The van der Waals surface area contributed by atoms with E-state index in [9.17, 15) is 0 Å². The molecule has 1 rings (SSSR count). The molecule has 66 valence electrons. The largest absolute Gasteiger partial charge is 0.328 e. The number of hydrogen-bond donors (Lipinski definition) is 1. The molecule has 0 amide bonds. The van der Waals surface area contributed by atoms with E-state index >= 15 is 0 Å². The lowest BCUT2D eigenvalue weighted by atomic mass is 9.78. The van der Waals surface area contributed by atoms with Gasteiger partial charge in [-0.3, -0.25) is 0 Å². The molecule has 2 N–H and O–H groups in total. The van der Waals surface area contributed by atoms with E-state index in [4.69, 9.17) is 5.73 Å². The number of rotatable bonds is 2. The van der Waals surface area contributed by atoms with Crippen LogP contribution in [0, 0.1) is 11.8 Å². The van der Waals surface area contributed by atoms with E-state index in [-0.39, 0.29) is 0 Å². The third kappa shape index (κ3) is 2.48. The third-order valence-electron chi connectivity index (χ3n) is 3.21. The maximum absolute atomic E-state index is 5.85. The Labute approximate surface area is 70.4 Å². The second-order valence-electron chi connectivity index (χ2n) is 4.05. The Hall–Kier alpha value is -0.0400. The van der Waals surface area contributed by atoms with Crippen LogP contribution in [0.5, 0.6) is 0 Å². The fourth-order valence-electron chi connectivity index (χ4n) is 2.12. The molecule has 0 aromatic rings. The van der Waals surface area contributed by atoms with Gasteiger partial charge in [0.25, 0.3) is 0 Å². The van der Waals surface area contributed by atoms with Crippen molar-refractivity contribution in [2.45, 2.75) is 52.0 Å². The lowest BCUT2D eigenvalue weighted by Gasteiger charge is -2.29. The smallest absolute Gasteiger partial charge is 0.00387 e. The lowest BCUT2D eigenvalue weighted by molar-refractivity contribution is 0.245. The van der Waals surface area contributed by atoms with E-state index in [1.54, 1.807) is 0 Å². The van der Waals surface area contributed by atoms with E-state index in [2.05, 4.69) is 13.8 Å². The molecular formula is C10H21N. The summed E-state index contributed by atoms with van der Waals surface area (Å²) in [6.07, 6.45) is 6.95. The van der Waals surface area contributed by atoms with Gasteiger partial charge >= 0.3 is 0 Å². The van der Waals surface area contributed by atoms with Gasteiger partial charge in [0, 0.05) is 6.04 Å². The normalized spacial score (nSPS) is 35.2. The molecule has 1 heteroatoms. The lowest BCUT2D eigenvalue weighted by Crippen LogP contribution is -2.30. The maximum atomic E-state index is 5.85. The van der Waals surface area contributed by atoms with Gasteiger partial charge in [0.05, 0.1) is 0 Å². The summed E-state index contributed by atoms with van der Waals surface area (Å²) in [6.45, 7) is 4.45. The molecule has 0 aliphatic heterocycles. The fourth-order valence-corrected chi connectivity index (χ4v) is 2.12. The summed E-state index contributed by atoms with van der Waals surface area (Å²) in [5.41, 5.74) is 5.85. The Balaban J connectivity index is 2.24. The second-order valence-corrected chi connectivity index (χ2v) is 4.05. The summed E-state index contributed by atoms with van der Waals surface area (Å²) in [7, 11) is 0. The molecule has 1 aliphatic rings. The van der Waals surface area contributed by atoms with Gasteiger partial charge in [-0.25, -0.2) is 0 Å². The van der Waals surface area contributed by atoms with E-state index in [0.29, 0.717) is 6.04 Å². The van der Waals surface area contributed by atoms with Crippen molar-refractivity contribution in [2.75, 3.05) is 0 Å². The first-order valence-electron chi connectivity index (χ1n) is 4.99. The highest BCUT2D eigenvalue weighted by atomic mass is 14.6. The van der Waals surface area contributed by atoms with Crippen LogP contribution in [0.2, 0.25) is 0 Å². The highest BCUT2D eigenvalue weighted by Gasteiger charge is 2.21. The SMILES string of the molecule is CCC1CCC(C(C)N)CC1. The van der Waals surface area contributed by atoms with Gasteiger partial charge in [0.2, 0.25) is 0 Å². The average molecular weight is 155 g/mol. The van der Waals surface area contributed by atoms with Crippen LogP contribution < -0.4 is 5.73 Å². The van der Waals surface area contributed by atoms with Crippen LogP contribution in [0.4, 0.5) is 0 Å². The Morgan fingerprint density at radius 2 is 1.82 bits per heavy atom. The summed E-state index contributed by atoms with van der Waals surface area (Å²) in [5.74, 6) is 1.82. The molecule has 1 atom stereocenters. The fraction of sp³-hybridized carbons (Fsp3) is 1.00. The first kappa shape index (κ1) is 9.05. The van der Waals surface area contributed by atoms with Crippen molar-refractivity contribution in [2.24, 2.45) is 17.6 Å². The van der Waals surface area contributed by atoms with Crippen molar-refractivity contribution in [3.8, 4) is 0 Å². The van der Waals surface area contributed by atoms with Crippen molar-refractivity contribution >= 4 is 0 Å². The summed E-state index contributed by atoms with van der Waals surface area (Å²) in [5, 5.41) is 0. The molecule has 1 fully saturated rings. The highest BCUT2D eigenvalue weighted by Crippen LogP contribution is 2.31. The van der Waals surface area contributed by atoms with Crippen LogP contribution in [0.3, 0.4) is 0 Å². The molecule has 0 aromatic heterocycles. The standard InChI is InChI=1S/C10H21N/c1-3-9-4-6-10(7-5-9)8(2)11/h8-10H,3-7,11H2,1-2H3. The predicted molar refractivity (Wildman–Crippen MR) is 49.4 cm³/mol. The molecule has 1 nitrogen and oxygen atoms in total. The van der Waals surface area contributed by atoms with E-state index in [0.717, 1.165) is 11.8 Å². The van der Waals surface area contributed by atoms with Crippen molar-refractivity contribution in [1.29, 1.82) is 0 Å². The maximum Gasteiger partial charge on any atom is 0.00387 e. The molecule has 0 saturated heterocycles. The Bertz CT molecular complexity index is 101. The van der Waals surface area contributed by atoms with Crippen LogP contribution in [0.25, 0.3) is 0 Å². The van der Waals surface area contributed by atoms with Crippen molar-refractivity contribution in [1.82, 2.24) is 0 Å². The van der Waals surface area contributed by atoms with E-state index in [1.165, 1.54) is 32.1 Å². The van der Waals surface area contributed by atoms with Gasteiger partial charge in [-0.2, -0.15) is 0 Å². The molecular weight excluding hydrogens is 134 g/mol. The zero-order valence-corrected chi connectivity index (χ0v) is 7.84. The first-order valence-corrected chi connectivity index (χ1v) is 4.99. The zero-order valence-electron chi connectivity index (χ0n) is 7.84. The molecule has 0 bridgehead atoms. The van der Waals surface area contributed by atoms with Crippen LogP contribution in [-0.2, 0) is 0 Å². The minimum atomic E-state index is 0.424. The predicted octanol–water partition coefficient (Wildman–Crippen LogP) is 2.55. The van der Waals surface area contributed by atoms with E-state index in [1.807, 2.05) is 0 Å². The van der Waals surface area contributed by atoms with E-state index < -0.39 is 0 Å². The molecule has 1 unspecified atom stereocenters. The first-order chi connectivity index (χ1) is 5.24. The van der Waals surface area contributed by atoms with Gasteiger partial charge in [-0.15, -0.1) is 0 Å². The van der Waals surface area contributed by atoms with Crippen LogP contribution in [0.1, 0.15) is 46.0 Å². The minimum Gasteiger partial charge on any atom is -0.328 e. The summed E-state index contributed by atoms with van der Waals surface area (Å²) < 4.78 is 0. The average Bonchev–Trinajstić information content (AvgIpc) is 2.05. The molecule has 0 aromatic carbocycles. The second kappa shape index (κ2) is 4.10. The summed E-state index contributed by atoms with van der Waals surface area (Å²) in [6, 6.07) is 0.424. The third-order valence-corrected chi connectivity index (χ3v) is 3.21. The molecule has 0 heterocycles. The van der Waals surface area contributed by atoms with Gasteiger partial charge in [-0.1, -0.05) is 26.2 Å². The van der Waals surface area contributed by atoms with Crippen molar-refractivity contribution < 1.29 is 0 Å². The zero-order chi connectivity index (χ0) is 8.27. The summed E-state index contributed by atoms with van der Waals surface area (Å²) in [4.78, 5) is 0. The quantitative estimate of drug-likeness (QED) is 0.651. The topological polar surface area (TPSA) is 26.0 Å². The van der Waals surface area contributed by atoms with Crippen LogP contribution in [-0.4, -0.2) is 6.04 Å². The minimum absolute atomic E-state index is 0.424. The van der Waals surface area contributed by atoms with Crippen LogP contribution >= 0.6 is 0 Å². The number of hydrogen-bond acceptors (Lipinski definition) is 1. The Morgan fingerprint density at radius 3 is 2.18 bits per heavy atom. The molecule has 0 radical (unpaired) electrons. The Morgan fingerprint density at radius 1 is 1.27 bits per heavy atom. The van der Waals surface area contributed by atoms with Gasteiger partial charge in [0.1, 0.15) is 0 Å². The van der Waals surface area contributed by atoms with Gasteiger partial charge in [0.15, 0.2) is 0 Å². The monoisotopic (exact) mass is 155 g/mol. The number of nitrogens with two attached hydrogens (primary N) is 1. The molecule has 1 aliphatic carbocycles. The van der Waals surface area contributed by atoms with Crippen molar-refractivity contribution in [3.05, 3.63) is 0 Å². The molecule has 11 heavy (non-hydrogen) atoms. The highest BCUT2D eigenvalue weighted by molar-refractivity contribution is 4.76. The van der Waals surface area contributed by atoms with Crippen LogP contribution in [0.15, 0.2) is 0 Å². The molecule has 1 saturated carbocycles. The van der Waals surface area contributed by atoms with Crippen molar-refractivity contribution in [3.63, 3.8) is 0 Å². The van der Waals surface area contributed by atoms with Gasteiger partial charge < -0.3 is 5.73 Å². The van der Waals surface area contributed by atoms with Gasteiger partial charge in [-0.05, 0) is 31.6 Å². The summed E-state index contributed by atoms with van der Waals surface area (Å²) >= 11 is 0. The molecule has 0 spiro atoms.